The molecule has 3 aromatic rings. The SMILES string of the molecule is COc1cc(/C=C2\N=C(c3ccc(I)c(C)c3)OC2=O)cc(I)c1OC(=O)c1ccccc1. The van der Waals surface area contributed by atoms with Crippen LogP contribution in [0.15, 0.2) is 71.4 Å². The maximum atomic E-state index is 12.5. The van der Waals surface area contributed by atoms with E-state index in [0.717, 1.165) is 14.7 Å². The van der Waals surface area contributed by atoms with Crippen molar-refractivity contribution in [3.8, 4) is 11.5 Å². The van der Waals surface area contributed by atoms with Crippen molar-refractivity contribution >= 4 is 69.1 Å². The maximum absolute atomic E-state index is 12.5. The predicted molar refractivity (Wildman–Crippen MR) is 142 cm³/mol. The van der Waals surface area contributed by atoms with Crippen LogP contribution in [-0.2, 0) is 9.53 Å². The largest absolute Gasteiger partial charge is 0.493 e. The Morgan fingerprint density at radius 1 is 1.03 bits per heavy atom. The number of carbonyl (C=O) groups excluding carboxylic acids is 2. The molecule has 3 aromatic carbocycles. The first kappa shape index (κ1) is 23.4. The lowest BCUT2D eigenvalue weighted by molar-refractivity contribution is -0.129. The van der Waals surface area contributed by atoms with Crippen LogP contribution in [0.5, 0.6) is 11.5 Å². The minimum atomic E-state index is -0.533. The molecular weight excluding hydrogens is 648 g/mol. The third kappa shape index (κ3) is 5.27. The van der Waals surface area contributed by atoms with Gasteiger partial charge in [-0.15, -0.1) is 0 Å². The first-order chi connectivity index (χ1) is 15.9. The number of aryl methyl sites for hydroxylation is 1. The van der Waals surface area contributed by atoms with Gasteiger partial charge in [-0.1, -0.05) is 18.2 Å². The van der Waals surface area contributed by atoms with Crippen molar-refractivity contribution < 1.29 is 23.8 Å². The fourth-order valence-corrected chi connectivity index (χ4v) is 4.19. The zero-order valence-electron chi connectivity index (χ0n) is 17.6. The number of hydrogen-bond acceptors (Lipinski definition) is 6. The summed E-state index contributed by atoms with van der Waals surface area (Å²) in [7, 11) is 1.49. The number of carbonyl (C=O) groups is 2. The van der Waals surface area contributed by atoms with E-state index in [2.05, 4.69) is 50.2 Å². The molecule has 0 aliphatic carbocycles. The van der Waals surface area contributed by atoms with E-state index in [1.54, 1.807) is 42.5 Å². The van der Waals surface area contributed by atoms with E-state index >= 15 is 0 Å². The minimum absolute atomic E-state index is 0.174. The highest BCUT2D eigenvalue weighted by molar-refractivity contribution is 14.1. The molecule has 0 bridgehead atoms. The molecule has 1 aliphatic heterocycles. The molecule has 0 atom stereocenters. The van der Waals surface area contributed by atoms with Crippen molar-refractivity contribution in [2.24, 2.45) is 4.99 Å². The van der Waals surface area contributed by atoms with E-state index in [9.17, 15) is 9.59 Å². The van der Waals surface area contributed by atoms with Crippen molar-refractivity contribution in [1.82, 2.24) is 0 Å². The molecule has 0 amide bonds. The van der Waals surface area contributed by atoms with E-state index in [-0.39, 0.29) is 11.6 Å². The van der Waals surface area contributed by atoms with Crippen molar-refractivity contribution in [2.75, 3.05) is 7.11 Å². The summed E-state index contributed by atoms with van der Waals surface area (Å²) in [6.07, 6.45) is 1.61. The molecule has 8 heteroatoms. The van der Waals surface area contributed by atoms with Gasteiger partial charge in [-0.3, -0.25) is 0 Å². The van der Waals surface area contributed by atoms with Crippen LogP contribution in [0.2, 0.25) is 0 Å². The van der Waals surface area contributed by atoms with Crippen molar-refractivity contribution in [1.29, 1.82) is 0 Å². The summed E-state index contributed by atoms with van der Waals surface area (Å²) in [4.78, 5) is 29.3. The lowest BCUT2D eigenvalue weighted by atomic mass is 10.1. The summed E-state index contributed by atoms with van der Waals surface area (Å²) >= 11 is 4.31. The molecule has 33 heavy (non-hydrogen) atoms. The monoisotopic (exact) mass is 665 g/mol. The second-order valence-corrected chi connectivity index (χ2v) is 9.41. The zero-order chi connectivity index (χ0) is 23.5. The molecule has 1 aliphatic rings. The van der Waals surface area contributed by atoms with Crippen LogP contribution in [0.4, 0.5) is 0 Å². The Bertz CT molecular complexity index is 1320. The normalized spacial score (nSPS) is 14.1. The average Bonchev–Trinajstić information content (AvgIpc) is 3.17. The van der Waals surface area contributed by atoms with Crippen molar-refractivity contribution in [3.63, 3.8) is 0 Å². The lowest BCUT2D eigenvalue weighted by Gasteiger charge is -2.12. The second-order valence-electron chi connectivity index (χ2n) is 7.09. The quantitative estimate of drug-likeness (QED) is 0.150. The van der Waals surface area contributed by atoms with Crippen molar-refractivity contribution in [3.05, 3.63) is 95.8 Å². The van der Waals surface area contributed by atoms with Gasteiger partial charge in [0, 0.05) is 9.13 Å². The van der Waals surface area contributed by atoms with E-state index in [1.807, 2.05) is 31.2 Å². The van der Waals surface area contributed by atoms with Gasteiger partial charge in [0.1, 0.15) is 0 Å². The highest BCUT2D eigenvalue weighted by Crippen LogP contribution is 2.35. The third-order valence-electron chi connectivity index (χ3n) is 4.78. The first-order valence-electron chi connectivity index (χ1n) is 9.79. The number of halogens is 2. The van der Waals surface area contributed by atoms with Gasteiger partial charge in [0.25, 0.3) is 0 Å². The summed E-state index contributed by atoms with van der Waals surface area (Å²) < 4.78 is 18.2. The number of nitrogens with zero attached hydrogens (tertiary/aromatic N) is 1. The number of benzene rings is 3. The van der Waals surface area contributed by atoms with E-state index < -0.39 is 11.9 Å². The maximum Gasteiger partial charge on any atom is 0.363 e. The third-order valence-corrected chi connectivity index (χ3v) is 6.80. The van der Waals surface area contributed by atoms with Crippen LogP contribution in [0, 0.1) is 14.1 Å². The van der Waals surface area contributed by atoms with Gasteiger partial charge in [-0.05, 0) is 112 Å². The Hall–Kier alpha value is -2.73. The molecule has 0 unspecified atom stereocenters. The molecule has 0 aromatic heterocycles. The fourth-order valence-electron chi connectivity index (χ4n) is 3.12. The number of cyclic esters (lactones) is 1. The Kier molecular flexibility index (Phi) is 7.13. The Morgan fingerprint density at radius 2 is 1.79 bits per heavy atom. The van der Waals surface area contributed by atoms with E-state index in [4.69, 9.17) is 14.2 Å². The Labute approximate surface area is 217 Å². The molecule has 166 valence electrons. The fraction of sp³-hybridized carbons (Fsp3) is 0.0800. The van der Waals surface area contributed by atoms with Gasteiger partial charge in [0.15, 0.2) is 17.2 Å². The number of aliphatic imine (C=N–C) groups is 1. The molecular formula is C25H17I2NO5. The van der Waals surface area contributed by atoms with Crippen LogP contribution in [0.1, 0.15) is 27.0 Å². The van der Waals surface area contributed by atoms with Crippen LogP contribution >= 0.6 is 45.2 Å². The molecule has 1 heterocycles. The van der Waals surface area contributed by atoms with Gasteiger partial charge >= 0.3 is 11.9 Å². The number of rotatable bonds is 5. The molecule has 4 rings (SSSR count). The number of hydrogen-bond donors (Lipinski definition) is 0. The van der Waals surface area contributed by atoms with Gasteiger partial charge in [0.05, 0.1) is 16.2 Å². The molecule has 0 radical (unpaired) electrons. The Morgan fingerprint density at radius 3 is 2.48 bits per heavy atom. The smallest absolute Gasteiger partial charge is 0.363 e. The topological polar surface area (TPSA) is 74.2 Å². The highest BCUT2D eigenvalue weighted by Gasteiger charge is 2.25. The van der Waals surface area contributed by atoms with Crippen molar-refractivity contribution in [2.45, 2.75) is 6.92 Å². The zero-order valence-corrected chi connectivity index (χ0v) is 21.9. The summed E-state index contributed by atoms with van der Waals surface area (Å²) in [5, 5.41) is 0. The number of methoxy groups -OCH3 is 1. The molecule has 0 fully saturated rings. The highest BCUT2D eigenvalue weighted by atomic mass is 127. The van der Waals surface area contributed by atoms with Crippen LogP contribution < -0.4 is 9.47 Å². The summed E-state index contributed by atoms with van der Waals surface area (Å²) in [5.41, 5.74) is 3.08. The number of ether oxygens (including phenoxy) is 3. The first-order valence-corrected chi connectivity index (χ1v) is 12.0. The van der Waals surface area contributed by atoms with Gasteiger partial charge in [0.2, 0.25) is 5.90 Å². The van der Waals surface area contributed by atoms with Gasteiger partial charge < -0.3 is 14.2 Å². The van der Waals surface area contributed by atoms with Gasteiger partial charge in [-0.2, -0.15) is 0 Å². The molecule has 0 spiro atoms. The predicted octanol–water partition coefficient (Wildman–Crippen LogP) is 5.78. The van der Waals surface area contributed by atoms with E-state index in [0.29, 0.717) is 26.2 Å². The van der Waals surface area contributed by atoms with Crippen LogP contribution in [0.25, 0.3) is 6.08 Å². The van der Waals surface area contributed by atoms with Crippen LogP contribution in [-0.4, -0.2) is 24.9 Å². The molecule has 0 N–H and O–H groups in total. The lowest BCUT2D eigenvalue weighted by Crippen LogP contribution is -2.10. The van der Waals surface area contributed by atoms with E-state index in [1.165, 1.54) is 7.11 Å². The van der Waals surface area contributed by atoms with Crippen LogP contribution in [0.3, 0.4) is 0 Å². The molecule has 6 nitrogen and oxygen atoms in total. The molecule has 0 saturated heterocycles. The average molecular weight is 665 g/mol. The standard InChI is InChI=1S/C25H17I2NO5/c1-14-10-17(8-9-18(14)26)23-28-20(25(30)33-23)12-15-11-19(27)22(21(13-15)31-2)32-24(29)16-6-4-3-5-7-16/h3-13H,1-2H3/b20-12-. The minimum Gasteiger partial charge on any atom is -0.493 e. The summed E-state index contributed by atoms with van der Waals surface area (Å²) in [6.45, 7) is 1.99. The summed E-state index contributed by atoms with van der Waals surface area (Å²) in [5.74, 6) is -0.0848. The van der Waals surface area contributed by atoms with Gasteiger partial charge in [-0.25, -0.2) is 14.6 Å². The number of esters is 2. The molecule has 0 saturated carbocycles. The Balaban J connectivity index is 1.63. The summed E-state index contributed by atoms with van der Waals surface area (Å²) in [6, 6.07) is 17.9. The second kappa shape index (κ2) is 10.0.